The van der Waals surface area contributed by atoms with Gasteiger partial charge in [0.05, 0.1) is 0 Å². The number of rotatable bonds is 0. The fourth-order valence-corrected chi connectivity index (χ4v) is 1.92. The van der Waals surface area contributed by atoms with Gasteiger partial charge in [-0.25, -0.2) is 0 Å². The molecule has 3 heteroatoms. The number of benzene rings is 1. The van der Waals surface area contributed by atoms with Crippen molar-refractivity contribution in [3.05, 3.63) is 24.3 Å². The molecule has 1 heterocycles. The van der Waals surface area contributed by atoms with Crippen LogP contribution in [0.2, 0.25) is 0 Å². The molecule has 0 spiro atoms. The molecule has 54 valence electrons. The molecule has 0 atom stereocenters. The Hall–Kier alpha value is -0.371. The standard InChI is InChI=1S/C7H4NS.Cu/c1-2-4-7-6(3-1)8-5-9-7;/h1-4H;. The van der Waals surface area contributed by atoms with Crippen LogP contribution >= 0.6 is 11.3 Å². The molecule has 0 saturated carbocycles. The Bertz CT molecular complexity index is 322. The number of thiazole rings is 1. The van der Waals surface area contributed by atoms with Crippen LogP contribution in [0, 0.1) is 0 Å². The van der Waals surface area contributed by atoms with Gasteiger partial charge >= 0.3 is 70.7 Å². The van der Waals surface area contributed by atoms with Crippen molar-refractivity contribution in [2.45, 2.75) is 0 Å². The molecule has 0 aliphatic heterocycles. The maximum atomic E-state index is 5.06. The third kappa shape index (κ3) is 0.966. The molecule has 0 N–H and O–H groups in total. The average molecular weight is 198 g/mol. The first kappa shape index (κ1) is 6.35. The van der Waals surface area contributed by atoms with E-state index in [2.05, 4.69) is 4.98 Å². The third-order valence-electron chi connectivity index (χ3n) is 1.25. The SMILES string of the molecule is [Cu][c]1nc2ccccc2s1. The van der Waals surface area contributed by atoms with Crippen molar-refractivity contribution >= 4 is 25.5 Å². The Morgan fingerprint density at radius 1 is 1.30 bits per heavy atom. The van der Waals surface area contributed by atoms with Gasteiger partial charge in [0, 0.05) is 0 Å². The van der Waals surface area contributed by atoms with Gasteiger partial charge < -0.3 is 0 Å². The molecule has 10 heavy (non-hydrogen) atoms. The zero-order valence-electron chi connectivity index (χ0n) is 4.97. The summed E-state index contributed by atoms with van der Waals surface area (Å²) < 4.78 is 1.87. The van der Waals surface area contributed by atoms with Crippen LogP contribution in [0.25, 0.3) is 10.2 Å². The first-order valence-electron chi connectivity index (χ1n) is 2.83. The van der Waals surface area contributed by atoms with Crippen LogP contribution < -0.4 is 3.91 Å². The number of para-hydroxylation sites is 1. The molecule has 1 aromatic carbocycles. The second kappa shape index (κ2) is 2.35. The number of hydrogen-bond donors (Lipinski definition) is 0. The first-order valence-corrected chi connectivity index (χ1v) is 4.12. The van der Waals surface area contributed by atoms with Gasteiger partial charge in [-0.15, -0.1) is 0 Å². The van der Waals surface area contributed by atoms with Crippen molar-refractivity contribution in [3.63, 3.8) is 0 Å². The van der Waals surface area contributed by atoms with Crippen LogP contribution in [0.3, 0.4) is 0 Å². The fraction of sp³-hybridized carbons (Fsp3) is 0. The summed E-state index contributed by atoms with van der Waals surface area (Å²) >= 11 is 6.61. The quantitative estimate of drug-likeness (QED) is 0.583. The zero-order valence-corrected chi connectivity index (χ0v) is 6.72. The van der Waals surface area contributed by atoms with E-state index in [-0.39, 0.29) is 0 Å². The van der Waals surface area contributed by atoms with Crippen molar-refractivity contribution in [3.8, 4) is 0 Å². The zero-order chi connectivity index (χ0) is 6.97. The summed E-state index contributed by atoms with van der Waals surface area (Å²) in [7, 11) is 0. The van der Waals surface area contributed by atoms with Gasteiger partial charge in [0.15, 0.2) is 0 Å². The molecule has 1 aromatic heterocycles. The Morgan fingerprint density at radius 3 is 2.90 bits per heavy atom. The van der Waals surface area contributed by atoms with Gasteiger partial charge in [-0.3, -0.25) is 0 Å². The van der Waals surface area contributed by atoms with Crippen LogP contribution in [0.15, 0.2) is 24.3 Å². The molecule has 0 saturated heterocycles. The molecule has 2 rings (SSSR count). The van der Waals surface area contributed by atoms with Gasteiger partial charge in [0.2, 0.25) is 0 Å². The Kier molecular flexibility index (Phi) is 1.49. The van der Waals surface area contributed by atoms with E-state index in [1.807, 2.05) is 24.3 Å². The second-order valence-corrected chi connectivity index (χ2v) is 3.64. The van der Waals surface area contributed by atoms with E-state index in [1.165, 1.54) is 4.70 Å². The Labute approximate surface area is 70.9 Å². The van der Waals surface area contributed by atoms with Gasteiger partial charge in [-0.1, -0.05) is 0 Å². The molecule has 0 fully saturated rings. The summed E-state index contributed by atoms with van der Waals surface area (Å²) in [5.41, 5.74) is 1.01. The first-order chi connectivity index (χ1) is 4.86. The minimum absolute atomic E-state index is 0.703. The van der Waals surface area contributed by atoms with E-state index in [0.29, 0.717) is 3.91 Å². The number of hydrogen-bond acceptors (Lipinski definition) is 2. The molecule has 2 aromatic rings. The van der Waals surface area contributed by atoms with Gasteiger partial charge in [0.25, 0.3) is 0 Å². The minimum atomic E-state index is 0.703. The average Bonchev–Trinajstić information content (AvgIpc) is 2.27. The number of aromatic nitrogens is 1. The van der Waals surface area contributed by atoms with Crippen LogP contribution in [-0.2, 0) is 16.0 Å². The summed E-state index contributed by atoms with van der Waals surface area (Å²) in [6.45, 7) is 0. The van der Waals surface area contributed by atoms with Crippen LogP contribution in [0.1, 0.15) is 0 Å². The van der Waals surface area contributed by atoms with E-state index in [0.717, 1.165) is 5.52 Å². The summed E-state index contributed by atoms with van der Waals surface area (Å²) in [4.78, 5) is 4.14. The van der Waals surface area contributed by atoms with E-state index >= 15 is 0 Å². The van der Waals surface area contributed by atoms with Crippen LogP contribution in [0.4, 0.5) is 0 Å². The van der Waals surface area contributed by atoms with Crippen molar-refractivity contribution in [2.24, 2.45) is 0 Å². The number of nitrogens with zero attached hydrogens (tertiary/aromatic N) is 1. The Balaban J connectivity index is 2.88. The summed E-state index contributed by atoms with van der Waals surface area (Å²) in [6.07, 6.45) is 0. The van der Waals surface area contributed by atoms with Gasteiger partial charge in [-0.05, 0) is 0 Å². The fourth-order valence-electron chi connectivity index (χ4n) is 0.826. The second-order valence-electron chi connectivity index (χ2n) is 1.90. The van der Waals surface area contributed by atoms with Gasteiger partial charge in [0.1, 0.15) is 0 Å². The van der Waals surface area contributed by atoms with E-state index in [1.54, 1.807) is 11.3 Å². The molecule has 1 nitrogen and oxygen atoms in total. The van der Waals surface area contributed by atoms with E-state index in [4.69, 9.17) is 16.0 Å². The van der Waals surface area contributed by atoms with Crippen LogP contribution in [0.5, 0.6) is 0 Å². The number of fused-ring (bicyclic) bond motifs is 1. The van der Waals surface area contributed by atoms with Crippen molar-refractivity contribution in [1.82, 2.24) is 4.98 Å². The molecule has 0 aliphatic carbocycles. The van der Waals surface area contributed by atoms with E-state index < -0.39 is 0 Å². The monoisotopic (exact) mass is 197 g/mol. The molecule has 0 bridgehead atoms. The third-order valence-corrected chi connectivity index (χ3v) is 2.45. The predicted octanol–water partition coefficient (Wildman–Crippen LogP) is 1.47. The molecule has 0 radical (unpaired) electrons. The molecular formula is C7H4CuNS. The molecule has 0 unspecified atom stereocenters. The molecular weight excluding hydrogens is 194 g/mol. The summed E-state index contributed by atoms with van der Waals surface area (Å²) in [5, 5.41) is 0. The van der Waals surface area contributed by atoms with Crippen molar-refractivity contribution in [1.29, 1.82) is 0 Å². The topological polar surface area (TPSA) is 12.9 Å². The maximum absolute atomic E-state index is 5.06. The van der Waals surface area contributed by atoms with Crippen molar-refractivity contribution < 1.29 is 16.0 Å². The predicted molar refractivity (Wildman–Crippen MR) is 39.3 cm³/mol. The van der Waals surface area contributed by atoms with Gasteiger partial charge in [-0.2, -0.15) is 0 Å². The molecule has 0 amide bonds. The summed E-state index contributed by atoms with van der Waals surface area (Å²) in [5.74, 6) is 0. The normalized spacial score (nSPS) is 10.6. The molecule has 0 aliphatic rings. The van der Waals surface area contributed by atoms with E-state index in [9.17, 15) is 0 Å². The van der Waals surface area contributed by atoms with Crippen LogP contribution in [-0.4, -0.2) is 4.98 Å². The summed E-state index contributed by atoms with van der Waals surface area (Å²) in [6, 6.07) is 7.96. The van der Waals surface area contributed by atoms with Crippen molar-refractivity contribution in [2.75, 3.05) is 0 Å². The Morgan fingerprint density at radius 2 is 2.10 bits per heavy atom.